The van der Waals surface area contributed by atoms with Gasteiger partial charge in [-0.05, 0) is 54.7 Å². The Morgan fingerprint density at radius 1 is 1.00 bits per heavy atom. The van der Waals surface area contributed by atoms with E-state index in [4.69, 9.17) is 4.74 Å². The quantitative estimate of drug-likeness (QED) is 0.284. The summed E-state index contributed by atoms with van der Waals surface area (Å²) in [7, 11) is 0. The number of aliphatic hydroxyl groups excluding tert-OH is 1. The maximum Gasteiger partial charge on any atom is 0.253 e. The number of hydrogen-bond donors (Lipinski definition) is 1. The number of hydrogen-bond acceptors (Lipinski definition) is 5. The highest BCUT2D eigenvalue weighted by Crippen LogP contribution is 2.64. The number of fused-ring (bicyclic) bond motifs is 2. The van der Waals surface area contributed by atoms with Gasteiger partial charge in [-0.2, -0.15) is 0 Å². The van der Waals surface area contributed by atoms with Crippen molar-refractivity contribution in [3.8, 4) is 0 Å². The van der Waals surface area contributed by atoms with Gasteiger partial charge in [0.2, 0.25) is 11.8 Å². The fourth-order valence-corrected chi connectivity index (χ4v) is 8.16. The molecular formula is C38H43N3O5. The second-order valence-electron chi connectivity index (χ2n) is 13.0. The third-order valence-corrected chi connectivity index (χ3v) is 10.3. The topological polar surface area (TPSA) is 90.4 Å². The average molecular weight is 622 g/mol. The van der Waals surface area contributed by atoms with E-state index in [0.29, 0.717) is 38.0 Å². The number of carbonyl (C=O) groups is 3. The Hall–Kier alpha value is -4.27. The molecular weight excluding hydrogens is 578 g/mol. The normalized spacial score (nSPS) is 27.0. The second kappa shape index (κ2) is 12.5. The molecule has 3 saturated heterocycles. The lowest BCUT2D eigenvalue weighted by molar-refractivity contribution is -0.152. The van der Waals surface area contributed by atoms with Crippen LogP contribution in [0.3, 0.4) is 0 Å². The molecule has 0 radical (unpaired) electrons. The van der Waals surface area contributed by atoms with E-state index in [1.807, 2.05) is 86.6 Å². The van der Waals surface area contributed by atoms with Crippen LogP contribution in [0.1, 0.15) is 38.7 Å². The van der Waals surface area contributed by atoms with Gasteiger partial charge in [0, 0.05) is 25.3 Å². The van der Waals surface area contributed by atoms with Crippen LogP contribution in [-0.4, -0.2) is 75.6 Å². The van der Waals surface area contributed by atoms with E-state index in [0.717, 1.165) is 16.3 Å². The number of rotatable bonds is 12. The van der Waals surface area contributed by atoms with Gasteiger partial charge >= 0.3 is 0 Å². The van der Waals surface area contributed by atoms with Crippen molar-refractivity contribution in [2.24, 2.45) is 11.8 Å². The predicted octanol–water partition coefficient (Wildman–Crippen LogP) is 5.11. The first-order valence-corrected chi connectivity index (χ1v) is 16.2. The molecule has 8 heteroatoms. The van der Waals surface area contributed by atoms with Crippen LogP contribution in [0.2, 0.25) is 0 Å². The highest BCUT2D eigenvalue weighted by Gasteiger charge is 2.78. The van der Waals surface area contributed by atoms with Crippen LogP contribution < -0.4 is 4.90 Å². The SMILES string of the molecule is C=CCN(Cc1ccccc1)C(=O)[C@H]1[C@H]2C(=O)N([C@@H](CC)CO)C(C(=O)N(CC=C)c3ccc4ccccc4c3)C23CC[C@]1(C)O3. The van der Waals surface area contributed by atoms with Gasteiger partial charge in [0.15, 0.2) is 0 Å². The standard InChI is InChI=1S/C38H43N3O5/c1-5-21-39(24-26-13-9-8-10-14-26)34(43)31-32-35(44)41(29(7-3)25-42)33(38(32)20-19-37(31,4)46-38)36(45)40(22-6-2)30-18-17-27-15-11-12-16-28(27)23-30/h5-6,8-18,23,29,31-33,42H,1-2,7,19-22,24-25H2,3-4H3/t29-,31+,32-,33?,37-,38?/m0/s1. The van der Waals surface area contributed by atoms with E-state index in [2.05, 4.69) is 13.2 Å². The van der Waals surface area contributed by atoms with Gasteiger partial charge in [-0.25, -0.2) is 0 Å². The van der Waals surface area contributed by atoms with Gasteiger partial charge in [0.25, 0.3) is 5.91 Å². The number of nitrogens with zero attached hydrogens (tertiary/aromatic N) is 3. The molecule has 3 aliphatic heterocycles. The molecule has 1 N–H and O–H groups in total. The van der Waals surface area contributed by atoms with Crippen LogP contribution in [0.5, 0.6) is 0 Å². The molecule has 3 aromatic carbocycles. The molecule has 2 bridgehead atoms. The van der Waals surface area contributed by atoms with Gasteiger partial charge in [0.1, 0.15) is 11.6 Å². The molecule has 0 saturated carbocycles. The average Bonchev–Trinajstić information content (AvgIpc) is 3.64. The fraction of sp³-hybridized carbons (Fsp3) is 0.395. The summed E-state index contributed by atoms with van der Waals surface area (Å²) < 4.78 is 6.90. The molecule has 3 aromatic rings. The number of aliphatic hydroxyl groups is 1. The van der Waals surface area contributed by atoms with Gasteiger partial charge in [0.05, 0.1) is 30.1 Å². The highest BCUT2D eigenvalue weighted by atomic mass is 16.5. The maximum absolute atomic E-state index is 15.0. The number of likely N-dealkylation sites (tertiary alicyclic amines) is 1. The van der Waals surface area contributed by atoms with E-state index in [1.54, 1.807) is 26.9 Å². The Bertz CT molecular complexity index is 1650. The van der Waals surface area contributed by atoms with Gasteiger partial charge in [-0.3, -0.25) is 14.4 Å². The van der Waals surface area contributed by atoms with Crippen molar-refractivity contribution in [2.75, 3.05) is 24.6 Å². The Morgan fingerprint density at radius 2 is 1.70 bits per heavy atom. The number of amides is 3. The minimum Gasteiger partial charge on any atom is -0.394 e. The zero-order valence-electron chi connectivity index (χ0n) is 26.7. The lowest BCUT2D eigenvalue weighted by Crippen LogP contribution is -2.59. The molecule has 3 aliphatic rings. The summed E-state index contributed by atoms with van der Waals surface area (Å²) in [6.45, 7) is 12.2. The molecule has 240 valence electrons. The monoisotopic (exact) mass is 621 g/mol. The number of anilines is 1. The highest BCUT2D eigenvalue weighted by molar-refractivity contribution is 6.06. The van der Waals surface area contributed by atoms with Crippen LogP contribution in [-0.2, 0) is 25.7 Å². The van der Waals surface area contributed by atoms with Crippen molar-refractivity contribution in [1.82, 2.24) is 9.80 Å². The van der Waals surface area contributed by atoms with Crippen LogP contribution in [0, 0.1) is 11.8 Å². The lowest BCUT2D eigenvalue weighted by Gasteiger charge is -2.39. The first kappa shape index (κ1) is 31.7. The molecule has 1 spiro atoms. The third kappa shape index (κ3) is 5.04. The van der Waals surface area contributed by atoms with Crippen LogP contribution >= 0.6 is 0 Å². The summed E-state index contributed by atoms with van der Waals surface area (Å²) in [5.74, 6) is -2.45. The summed E-state index contributed by atoms with van der Waals surface area (Å²) >= 11 is 0. The maximum atomic E-state index is 15.0. The van der Waals surface area contributed by atoms with E-state index in [9.17, 15) is 19.5 Å². The molecule has 3 amide bonds. The Morgan fingerprint density at radius 3 is 2.37 bits per heavy atom. The largest absolute Gasteiger partial charge is 0.394 e. The first-order chi connectivity index (χ1) is 22.2. The molecule has 3 heterocycles. The Balaban J connectivity index is 1.43. The second-order valence-corrected chi connectivity index (χ2v) is 13.0. The van der Waals surface area contributed by atoms with Crippen LogP contribution in [0.15, 0.2) is 98.1 Å². The fourth-order valence-electron chi connectivity index (χ4n) is 8.16. The van der Waals surface area contributed by atoms with Crippen molar-refractivity contribution >= 4 is 34.2 Å². The zero-order valence-corrected chi connectivity index (χ0v) is 26.7. The molecule has 6 rings (SSSR count). The molecule has 3 fully saturated rings. The van der Waals surface area contributed by atoms with Crippen molar-refractivity contribution in [1.29, 1.82) is 0 Å². The summed E-state index contributed by atoms with van der Waals surface area (Å²) in [6.07, 6.45) is 4.80. The number of benzene rings is 3. The summed E-state index contributed by atoms with van der Waals surface area (Å²) in [5.41, 5.74) is -0.491. The smallest absolute Gasteiger partial charge is 0.253 e. The summed E-state index contributed by atoms with van der Waals surface area (Å²) in [4.78, 5) is 49.1. The van der Waals surface area contributed by atoms with Crippen molar-refractivity contribution in [3.05, 3.63) is 104 Å². The van der Waals surface area contributed by atoms with E-state index in [-0.39, 0.29) is 30.9 Å². The molecule has 6 atom stereocenters. The van der Waals surface area contributed by atoms with Crippen LogP contribution in [0.4, 0.5) is 5.69 Å². The zero-order chi connectivity index (χ0) is 32.6. The van der Waals surface area contributed by atoms with Crippen molar-refractivity contribution in [3.63, 3.8) is 0 Å². The molecule has 2 unspecified atom stereocenters. The molecule has 0 aromatic heterocycles. The Kier molecular flexibility index (Phi) is 8.61. The lowest BCUT2D eigenvalue weighted by atomic mass is 9.66. The number of ether oxygens (including phenoxy) is 1. The first-order valence-electron chi connectivity index (χ1n) is 16.2. The van der Waals surface area contributed by atoms with Crippen molar-refractivity contribution in [2.45, 2.75) is 62.9 Å². The van der Waals surface area contributed by atoms with E-state index < -0.39 is 35.1 Å². The van der Waals surface area contributed by atoms with E-state index >= 15 is 0 Å². The minimum absolute atomic E-state index is 0.186. The minimum atomic E-state index is -1.21. The van der Waals surface area contributed by atoms with Gasteiger partial charge in [-0.1, -0.05) is 79.7 Å². The summed E-state index contributed by atoms with van der Waals surface area (Å²) in [5, 5.41) is 12.5. The third-order valence-electron chi connectivity index (χ3n) is 10.3. The molecule has 0 aliphatic carbocycles. The van der Waals surface area contributed by atoms with Crippen molar-refractivity contribution < 1.29 is 24.2 Å². The molecule has 46 heavy (non-hydrogen) atoms. The van der Waals surface area contributed by atoms with Crippen LogP contribution in [0.25, 0.3) is 10.8 Å². The molecule has 8 nitrogen and oxygen atoms in total. The van der Waals surface area contributed by atoms with Gasteiger partial charge in [-0.15, -0.1) is 13.2 Å². The summed E-state index contributed by atoms with van der Waals surface area (Å²) in [6, 6.07) is 21.9. The Labute approximate surface area is 270 Å². The predicted molar refractivity (Wildman–Crippen MR) is 179 cm³/mol. The van der Waals surface area contributed by atoms with E-state index in [1.165, 1.54) is 0 Å². The van der Waals surface area contributed by atoms with Gasteiger partial charge < -0.3 is 24.5 Å². The number of carbonyl (C=O) groups excluding carboxylic acids is 3.